The van der Waals surface area contributed by atoms with E-state index in [1.807, 2.05) is 6.08 Å². The lowest BCUT2D eigenvalue weighted by Crippen LogP contribution is -2.33. The van der Waals surface area contributed by atoms with Crippen LogP contribution in [0.5, 0.6) is 0 Å². The topological polar surface area (TPSA) is 50.9 Å². The van der Waals surface area contributed by atoms with E-state index in [-0.39, 0.29) is 16.8 Å². The predicted octanol–water partition coefficient (Wildman–Crippen LogP) is 4.96. The molecular weight excluding hydrogens is 294 g/mol. The molecule has 1 aliphatic carbocycles. The van der Waals surface area contributed by atoms with Crippen molar-refractivity contribution in [1.29, 1.82) is 10.8 Å². The van der Waals surface area contributed by atoms with Gasteiger partial charge in [0.25, 0.3) is 0 Å². The number of fused-ring (bicyclic) bond motifs is 2. The summed E-state index contributed by atoms with van der Waals surface area (Å²) < 4.78 is 0. The number of nitrogens with zero attached hydrogens (tertiary/aromatic N) is 1. The molecule has 0 saturated carbocycles. The lowest BCUT2D eigenvalue weighted by molar-refractivity contribution is 0.630. The van der Waals surface area contributed by atoms with Gasteiger partial charge in [0.2, 0.25) is 0 Å². The summed E-state index contributed by atoms with van der Waals surface area (Å²) in [4.78, 5) is 2.20. The van der Waals surface area contributed by atoms with Crippen molar-refractivity contribution in [3.05, 3.63) is 83.6 Å². The summed E-state index contributed by atoms with van der Waals surface area (Å²) in [7, 11) is 0. The van der Waals surface area contributed by atoms with Crippen LogP contribution in [0.3, 0.4) is 0 Å². The summed E-state index contributed by atoms with van der Waals surface area (Å²) in [5, 5.41) is 15.8. The molecule has 0 radical (unpaired) electrons. The highest BCUT2D eigenvalue weighted by molar-refractivity contribution is 6.49. The van der Waals surface area contributed by atoms with Gasteiger partial charge in [-0.25, -0.2) is 0 Å². The second-order valence-corrected chi connectivity index (χ2v) is 6.72. The van der Waals surface area contributed by atoms with Crippen LogP contribution in [0.4, 0.5) is 11.4 Å². The van der Waals surface area contributed by atoms with Gasteiger partial charge in [0, 0.05) is 11.1 Å². The van der Waals surface area contributed by atoms with E-state index in [1.165, 1.54) is 11.1 Å². The average Bonchev–Trinajstić information content (AvgIpc) is 2.58. The number of hydrogen-bond donors (Lipinski definition) is 2. The predicted molar refractivity (Wildman–Crippen MR) is 99.8 cm³/mol. The minimum atomic E-state index is -0.0805. The maximum absolute atomic E-state index is 8.01. The van der Waals surface area contributed by atoms with E-state index in [0.717, 1.165) is 17.1 Å². The van der Waals surface area contributed by atoms with Crippen LogP contribution in [-0.4, -0.2) is 11.4 Å². The van der Waals surface area contributed by atoms with Crippen LogP contribution >= 0.6 is 0 Å². The Balaban J connectivity index is 2.00. The molecule has 4 rings (SSSR count). The Morgan fingerprint density at radius 3 is 1.83 bits per heavy atom. The second-order valence-electron chi connectivity index (χ2n) is 6.72. The van der Waals surface area contributed by atoms with E-state index in [2.05, 4.69) is 67.3 Å². The number of allylic oxidation sites excluding steroid dienone is 3. The monoisotopic (exact) mass is 313 g/mol. The summed E-state index contributed by atoms with van der Waals surface area (Å²) >= 11 is 0. The fourth-order valence-electron chi connectivity index (χ4n) is 3.62. The van der Waals surface area contributed by atoms with Crippen LogP contribution < -0.4 is 4.90 Å². The smallest absolute Gasteiger partial charge is 0.0810 e. The molecule has 0 amide bonds. The number of hydrogen-bond acceptors (Lipinski definition) is 3. The van der Waals surface area contributed by atoms with Crippen molar-refractivity contribution in [2.24, 2.45) is 0 Å². The summed E-state index contributed by atoms with van der Waals surface area (Å²) in [5.41, 5.74) is 6.14. The number of benzene rings is 2. The number of anilines is 2. The van der Waals surface area contributed by atoms with Crippen LogP contribution in [0.25, 0.3) is 0 Å². The summed E-state index contributed by atoms with van der Waals surface area (Å²) in [6.45, 7) is 4.51. The third-order valence-corrected chi connectivity index (χ3v) is 4.90. The minimum absolute atomic E-state index is 0.0805. The Morgan fingerprint density at radius 2 is 1.29 bits per heavy atom. The SMILES string of the molecule is CC1(C)c2ccccc2N(C2=CC(=N)C(=N)C=C2)c2ccccc21. The van der Waals surface area contributed by atoms with Crippen molar-refractivity contribution >= 4 is 22.8 Å². The van der Waals surface area contributed by atoms with E-state index in [0.29, 0.717) is 0 Å². The van der Waals surface area contributed by atoms with Gasteiger partial charge in [-0.2, -0.15) is 0 Å². The fraction of sp³-hybridized carbons (Fsp3) is 0.143. The molecule has 2 aromatic carbocycles. The molecule has 1 heterocycles. The quantitative estimate of drug-likeness (QED) is 0.718. The maximum atomic E-state index is 8.01. The minimum Gasteiger partial charge on any atom is -0.310 e. The zero-order valence-electron chi connectivity index (χ0n) is 13.8. The molecule has 118 valence electrons. The number of para-hydroxylation sites is 2. The lowest BCUT2D eigenvalue weighted by Gasteiger charge is -2.42. The highest BCUT2D eigenvalue weighted by atomic mass is 15.2. The standard InChI is InChI=1S/C21H19N3/c1-21(2)15-7-3-5-9-19(15)24(20-10-6-4-8-16(20)21)14-11-12-17(22)18(23)13-14/h3-13,22-23H,1-2H3. The fourth-order valence-corrected chi connectivity index (χ4v) is 3.62. The summed E-state index contributed by atoms with van der Waals surface area (Å²) in [6, 6.07) is 16.9. The Bertz CT molecular complexity index is 882. The van der Waals surface area contributed by atoms with Gasteiger partial charge in [0.15, 0.2) is 0 Å². The second kappa shape index (κ2) is 5.03. The van der Waals surface area contributed by atoms with Crippen molar-refractivity contribution in [1.82, 2.24) is 0 Å². The molecule has 0 aromatic heterocycles. The van der Waals surface area contributed by atoms with Crippen LogP contribution in [0.1, 0.15) is 25.0 Å². The van der Waals surface area contributed by atoms with Gasteiger partial charge in [0.1, 0.15) is 0 Å². The summed E-state index contributed by atoms with van der Waals surface area (Å²) in [6.07, 6.45) is 5.39. The van der Waals surface area contributed by atoms with E-state index in [4.69, 9.17) is 10.8 Å². The van der Waals surface area contributed by atoms with Crippen LogP contribution in [0.15, 0.2) is 72.5 Å². The molecule has 1 aliphatic heterocycles. The van der Waals surface area contributed by atoms with Gasteiger partial charge in [0.05, 0.1) is 22.8 Å². The first-order valence-corrected chi connectivity index (χ1v) is 8.06. The van der Waals surface area contributed by atoms with Crippen molar-refractivity contribution in [2.75, 3.05) is 4.90 Å². The van der Waals surface area contributed by atoms with Crippen LogP contribution in [0, 0.1) is 10.8 Å². The van der Waals surface area contributed by atoms with E-state index >= 15 is 0 Å². The Kier molecular flexibility index (Phi) is 3.07. The van der Waals surface area contributed by atoms with Gasteiger partial charge in [-0.15, -0.1) is 0 Å². The first-order valence-electron chi connectivity index (χ1n) is 8.06. The van der Waals surface area contributed by atoms with E-state index in [9.17, 15) is 0 Å². The molecule has 2 N–H and O–H groups in total. The first-order chi connectivity index (χ1) is 11.5. The molecule has 3 heteroatoms. The molecule has 0 unspecified atom stereocenters. The third-order valence-electron chi connectivity index (χ3n) is 4.90. The highest BCUT2D eigenvalue weighted by Gasteiger charge is 2.36. The largest absolute Gasteiger partial charge is 0.310 e. The summed E-state index contributed by atoms with van der Waals surface area (Å²) in [5.74, 6) is 0. The van der Waals surface area contributed by atoms with E-state index in [1.54, 1.807) is 12.2 Å². The molecular formula is C21H19N3. The highest BCUT2D eigenvalue weighted by Crippen LogP contribution is 2.50. The average molecular weight is 313 g/mol. The van der Waals surface area contributed by atoms with Crippen molar-refractivity contribution in [3.63, 3.8) is 0 Å². The molecule has 2 aromatic rings. The third kappa shape index (κ3) is 1.98. The molecule has 0 atom stereocenters. The lowest BCUT2D eigenvalue weighted by atomic mass is 9.73. The van der Waals surface area contributed by atoms with Gasteiger partial charge >= 0.3 is 0 Å². The molecule has 0 fully saturated rings. The van der Waals surface area contributed by atoms with Crippen LogP contribution in [-0.2, 0) is 5.41 Å². The Hall–Kier alpha value is -2.94. The molecule has 0 spiro atoms. The molecule has 24 heavy (non-hydrogen) atoms. The Morgan fingerprint density at radius 1 is 0.750 bits per heavy atom. The molecule has 2 aliphatic rings. The molecule has 0 saturated heterocycles. The van der Waals surface area contributed by atoms with Gasteiger partial charge < -0.3 is 4.90 Å². The van der Waals surface area contributed by atoms with Crippen molar-refractivity contribution in [3.8, 4) is 0 Å². The maximum Gasteiger partial charge on any atom is 0.0810 e. The zero-order valence-corrected chi connectivity index (χ0v) is 13.8. The van der Waals surface area contributed by atoms with Crippen molar-refractivity contribution < 1.29 is 0 Å². The normalized spacial score (nSPS) is 18.1. The molecule has 0 bridgehead atoms. The Labute approximate surface area is 142 Å². The van der Waals surface area contributed by atoms with Gasteiger partial charge in [-0.05, 0) is 41.5 Å². The van der Waals surface area contributed by atoms with Gasteiger partial charge in [-0.1, -0.05) is 50.2 Å². The molecule has 3 nitrogen and oxygen atoms in total. The van der Waals surface area contributed by atoms with E-state index < -0.39 is 0 Å². The number of rotatable bonds is 1. The van der Waals surface area contributed by atoms with Crippen LogP contribution in [0.2, 0.25) is 0 Å². The van der Waals surface area contributed by atoms with Gasteiger partial charge in [-0.3, -0.25) is 10.8 Å². The number of nitrogens with one attached hydrogen (secondary N) is 2. The van der Waals surface area contributed by atoms with Crippen molar-refractivity contribution in [2.45, 2.75) is 19.3 Å². The zero-order chi connectivity index (χ0) is 16.9. The first kappa shape index (κ1) is 14.6.